The first-order valence-corrected chi connectivity index (χ1v) is 9.29. The summed E-state index contributed by atoms with van der Waals surface area (Å²) in [6, 6.07) is 13.5. The van der Waals surface area contributed by atoms with Crippen LogP contribution in [0.5, 0.6) is 11.5 Å². The van der Waals surface area contributed by atoms with Crippen LogP contribution in [0.3, 0.4) is 0 Å². The topological polar surface area (TPSA) is 48.0 Å². The molecule has 0 aliphatic carbocycles. The summed E-state index contributed by atoms with van der Waals surface area (Å²) in [5.41, 5.74) is 2.99. The Balaban J connectivity index is 1.65. The lowest BCUT2D eigenvalue weighted by Gasteiger charge is -2.33. The van der Waals surface area contributed by atoms with Crippen molar-refractivity contribution in [1.29, 1.82) is 0 Å². The molecular formula is C22H27NO4. The van der Waals surface area contributed by atoms with Crippen LogP contribution in [-0.2, 0) is 11.3 Å². The molecule has 2 aromatic carbocycles. The van der Waals surface area contributed by atoms with E-state index in [0.717, 1.165) is 19.4 Å². The number of carbonyl (C=O) groups excluding carboxylic acids is 1. The molecule has 1 unspecified atom stereocenters. The van der Waals surface area contributed by atoms with Crippen molar-refractivity contribution >= 4 is 5.91 Å². The molecule has 5 nitrogen and oxygen atoms in total. The van der Waals surface area contributed by atoms with Gasteiger partial charge in [-0.25, -0.2) is 0 Å². The van der Waals surface area contributed by atoms with Gasteiger partial charge >= 0.3 is 0 Å². The molecule has 2 aromatic rings. The molecule has 0 N–H and O–H groups in total. The average molecular weight is 369 g/mol. The zero-order valence-electron chi connectivity index (χ0n) is 16.2. The second-order valence-electron chi connectivity index (χ2n) is 6.85. The molecule has 1 fully saturated rings. The highest BCUT2D eigenvalue weighted by molar-refractivity contribution is 5.95. The van der Waals surface area contributed by atoms with Gasteiger partial charge in [0.05, 0.1) is 26.9 Å². The zero-order chi connectivity index (χ0) is 19.2. The van der Waals surface area contributed by atoms with E-state index in [1.54, 1.807) is 32.4 Å². The molecule has 0 saturated carbocycles. The first-order valence-electron chi connectivity index (χ1n) is 9.29. The third-order valence-electron chi connectivity index (χ3n) is 5.00. The Hall–Kier alpha value is -2.53. The van der Waals surface area contributed by atoms with Crippen molar-refractivity contribution in [2.75, 3.05) is 27.3 Å². The molecule has 1 amide bonds. The van der Waals surface area contributed by atoms with Gasteiger partial charge in [-0.15, -0.1) is 0 Å². The maximum absolute atomic E-state index is 13.0. The SMILES string of the molecule is COc1cc(OC)cc(C(=O)N2CCCC(OCc3ccccc3C)C2)c1. The average Bonchev–Trinajstić information content (AvgIpc) is 2.72. The van der Waals surface area contributed by atoms with Crippen molar-refractivity contribution in [2.24, 2.45) is 0 Å². The third kappa shape index (κ3) is 4.80. The van der Waals surface area contributed by atoms with Crippen LogP contribution < -0.4 is 9.47 Å². The Bertz CT molecular complexity index is 767. The summed E-state index contributed by atoms with van der Waals surface area (Å²) in [6.07, 6.45) is 1.96. The largest absolute Gasteiger partial charge is 0.497 e. The number of amides is 1. The van der Waals surface area contributed by atoms with Crippen LogP contribution >= 0.6 is 0 Å². The van der Waals surface area contributed by atoms with Gasteiger partial charge in [-0.3, -0.25) is 4.79 Å². The first kappa shape index (κ1) is 19.2. The van der Waals surface area contributed by atoms with Crippen LogP contribution in [0.2, 0.25) is 0 Å². The van der Waals surface area contributed by atoms with Gasteiger partial charge in [0, 0.05) is 24.7 Å². The number of piperidine rings is 1. The highest BCUT2D eigenvalue weighted by Crippen LogP contribution is 2.25. The molecule has 0 aromatic heterocycles. The van der Waals surface area contributed by atoms with Gasteiger partial charge in [-0.05, 0) is 43.0 Å². The number of benzene rings is 2. The number of hydrogen-bond acceptors (Lipinski definition) is 4. The van der Waals surface area contributed by atoms with Gasteiger partial charge in [0.15, 0.2) is 0 Å². The normalized spacial score (nSPS) is 16.9. The Morgan fingerprint density at radius 1 is 1.11 bits per heavy atom. The summed E-state index contributed by atoms with van der Waals surface area (Å²) < 4.78 is 16.7. The number of nitrogens with zero attached hydrogens (tertiary/aromatic N) is 1. The smallest absolute Gasteiger partial charge is 0.254 e. The molecule has 1 atom stereocenters. The molecule has 144 valence electrons. The molecule has 0 radical (unpaired) electrons. The van der Waals surface area contributed by atoms with E-state index in [2.05, 4.69) is 19.1 Å². The fraction of sp³-hybridized carbons (Fsp3) is 0.409. The predicted molar refractivity (Wildman–Crippen MR) is 104 cm³/mol. The third-order valence-corrected chi connectivity index (χ3v) is 5.00. The summed E-state index contributed by atoms with van der Waals surface area (Å²) in [7, 11) is 3.17. The number of carbonyl (C=O) groups is 1. The molecule has 5 heteroatoms. The first-order chi connectivity index (χ1) is 13.1. The van der Waals surface area contributed by atoms with Crippen LogP contribution in [0.4, 0.5) is 0 Å². The summed E-state index contributed by atoms with van der Waals surface area (Å²) in [5.74, 6) is 1.21. The predicted octanol–water partition coefficient (Wildman–Crippen LogP) is 3.83. The number of methoxy groups -OCH3 is 2. The lowest BCUT2D eigenvalue weighted by atomic mass is 10.1. The number of aryl methyl sites for hydroxylation is 1. The summed E-state index contributed by atoms with van der Waals surface area (Å²) in [5, 5.41) is 0. The number of rotatable bonds is 6. The van der Waals surface area contributed by atoms with Crippen molar-refractivity contribution in [2.45, 2.75) is 32.5 Å². The summed E-state index contributed by atoms with van der Waals surface area (Å²) in [4.78, 5) is 14.8. The Kier molecular flexibility index (Phi) is 6.35. The lowest BCUT2D eigenvalue weighted by Crippen LogP contribution is -2.43. The lowest BCUT2D eigenvalue weighted by molar-refractivity contribution is -0.00689. The van der Waals surface area contributed by atoms with Gasteiger partial charge in [-0.2, -0.15) is 0 Å². The molecule has 0 bridgehead atoms. The van der Waals surface area contributed by atoms with Crippen molar-refractivity contribution in [3.05, 3.63) is 59.2 Å². The molecule has 1 aliphatic rings. The van der Waals surface area contributed by atoms with E-state index in [-0.39, 0.29) is 12.0 Å². The van der Waals surface area contributed by atoms with Crippen molar-refractivity contribution in [3.8, 4) is 11.5 Å². The van der Waals surface area contributed by atoms with Crippen LogP contribution in [0.1, 0.15) is 34.3 Å². The van der Waals surface area contributed by atoms with E-state index in [9.17, 15) is 4.79 Å². The molecule has 1 heterocycles. The maximum Gasteiger partial charge on any atom is 0.254 e. The highest BCUT2D eigenvalue weighted by atomic mass is 16.5. The van der Waals surface area contributed by atoms with Gasteiger partial charge in [0.1, 0.15) is 11.5 Å². The van der Waals surface area contributed by atoms with Crippen LogP contribution in [-0.4, -0.2) is 44.2 Å². The minimum Gasteiger partial charge on any atom is -0.497 e. The van der Waals surface area contributed by atoms with E-state index >= 15 is 0 Å². The van der Waals surface area contributed by atoms with Gasteiger partial charge in [0.25, 0.3) is 5.91 Å². The van der Waals surface area contributed by atoms with Crippen molar-refractivity contribution in [1.82, 2.24) is 4.90 Å². The van der Waals surface area contributed by atoms with E-state index in [1.165, 1.54) is 11.1 Å². The standard InChI is InChI=1S/C22H27NO4/c1-16-7-4-5-8-17(16)15-27-19-9-6-10-23(14-19)22(24)18-11-20(25-2)13-21(12-18)26-3/h4-5,7-8,11-13,19H,6,9-10,14-15H2,1-3H3. The van der Waals surface area contributed by atoms with E-state index in [0.29, 0.717) is 30.2 Å². The fourth-order valence-corrected chi connectivity index (χ4v) is 3.35. The van der Waals surface area contributed by atoms with Gasteiger partial charge in [0.2, 0.25) is 0 Å². The molecule has 1 saturated heterocycles. The van der Waals surface area contributed by atoms with Gasteiger partial charge in [-0.1, -0.05) is 24.3 Å². The maximum atomic E-state index is 13.0. The van der Waals surface area contributed by atoms with Crippen LogP contribution in [0.15, 0.2) is 42.5 Å². The van der Waals surface area contributed by atoms with Crippen molar-refractivity contribution < 1.29 is 19.0 Å². The highest BCUT2D eigenvalue weighted by Gasteiger charge is 2.25. The Morgan fingerprint density at radius 2 is 1.81 bits per heavy atom. The Morgan fingerprint density at radius 3 is 2.48 bits per heavy atom. The van der Waals surface area contributed by atoms with Gasteiger partial charge < -0.3 is 19.1 Å². The minimum absolute atomic E-state index is 0.0172. The monoisotopic (exact) mass is 369 g/mol. The second-order valence-corrected chi connectivity index (χ2v) is 6.85. The number of hydrogen-bond donors (Lipinski definition) is 0. The molecule has 27 heavy (non-hydrogen) atoms. The second kappa shape index (κ2) is 8.91. The molecule has 0 spiro atoms. The Labute approximate surface area is 160 Å². The molecule has 3 rings (SSSR count). The zero-order valence-corrected chi connectivity index (χ0v) is 16.2. The fourth-order valence-electron chi connectivity index (χ4n) is 3.35. The number of ether oxygens (including phenoxy) is 3. The van der Waals surface area contributed by atoms with E-state index < -0.39 is 0 Å². The van der Waals surface area contributed by atoms with Crippen molar-refractivity contribution in [3.63, 3.8) is 0 Å². The number of likely N-dealkylation sites (tertiary alicyclic amines) is 1. The minimum atomic E-state index is -0.0172. The summed E-state index contributed by atoms with van der Waals surface area (Å²) in [6.45, 7) is 4.00. The quantitative estimate of drug-likeness (QED) is 0.776. The van der Waals surface area contributed by atoms with E-state index in [1.807, 2.05) is 17.0 Å². The summed E-state index contributed by atoms with van der Waals surface area (Å²) >= 11 is 0. The van der Waals surface area contributed by atoms with E-state index in [4.69, 9.17) is 14.2 Å². The van der Waals surface area contributed by atoms with Crippen LogP contribution in [0.25, 0.3) is 0 Å². The molecule has 1 aliphatic heterocycles. The van der Waals surface area contributed by atoms with Crippen LogP contribution in [0, 0.1) is 6.92 Å². The molecular weight excluding hydrogens is 342 g/mol.